The van der Waals surface area contributed by atoms with E-state index in [9.17, 15) is 4.79 Å². The van der Waals surface area contributed by atoms with E-state index in [1.54, 1.807) is 26.4 Å². The average Bonchev–Trinajstić information content (AvgIpc) is 2.89. The Morgan fingerprint density at radius 2 is 1.81 bits per heavy atom. The van der Waals surface area contributed by atoms with E-state index in [1.165, 1.54) is 4.57 Å². The standard InChI is InChI=1S/C28H30N6O2/c1-7-21-23-18-29-28(30-19-12-14-20(15-13-19)33(4)17-16-32(2)3)31-26(23)34(5)27(35)25(21)22-10-8-9-11-24(22)36-6/h1,8-15,18H,16-17H2,2-6H3,(H,29,30,31). The van der Waals surface area contributed by atoms with Gasteiger partial charge in [-0.05, 0) is 44.4 Å². The van der Waals surface area contributed by atoms with Gasteiger partial charge in [0.25, 0.3) is 5.56 Å². The number of ether oxygens (including phenoxy) is 1. The molecule has 8 nitrogen and oxygen atoms in total. The Labute approximate surface area is 211 Å². The van der Waals surface area contributed by atoms with Crippen LogP contribution in [0.1, 0.15) is 5.56 Å². The second kappa shape index (κ2) is 10.5. The summed E-state index contributed by atoms with van der Waals surface area (Å²) in [5.41, 5.74) is 3.61. The number of hydrogen-bond acceptors (Lipinski definition) is 7. The SMILES string of the molecule is C#Cc1c(-c2ccccc2OC)c(=O)n(C)c2nc(Nc3ccc(N(C)CCN(C)C)cc3)ncc12. The maximum absolute atomic E-state index is 13.4. The van der Waals surface area contributed by atoms with Crippen molar-refractivity contribution in [2.24, 2.45) is 7.05 Å². The van der Waals surface area contributed by atoms with Crippen molar-refractivity contribution in [3.8, 4) is 29.2 Å². The predicted octanol–water partition coefficient (Wildman–Crippen LogP) is 3.73. The van der Waals surface area contributed by atoms with Crippen LogP contribution in [0.4, 0.5) is 17.3 Å². The highest BCUT2D eigenvalue weighted by Gasteiger charge is 2.20. The van der Waals surface area contributed by atoms with Gasteiger partial charge in [0.2, 0.25) is 5.95 Å². The Kier molecular flexibility index (Phi) is 7.23. The summed E-state index contributed by atoms with van der Waals surface area (Å²) in [6.45, 7) is 1.90. The molecule has 2 aromatic heterocycles. The number of nitrogens with zero attached hydrogens (tertiary/aromatic N) is 5. The lowest BCUT2D eigenvalue weighted by Crippen LogP contribution is -2.28. The van der Waals surface area contributed by atoms with Crippen LogP contribution in [0, 0.1) is 12.3 Å². The number of aryl methyl sites for hydroxylation is 1. The molecule has 0 aliphatic rings. The summed E-state index contributed by atoms with van der Waals surface area (Å²) in [7, 11) is 9.44. The van der Waals surface area contributed by atoms with Crippen molar-refractivity contribution < 1.29 is 4.74 Å². The van der Waals surface area contributed by atoms with Crippen molar-refractivity contribution in [1.82, 2.24) is 19.4 Å². The van der Waals surface area contributed by atoms with Gasteiger partial charge in [0.15, 0.2) is 0 Å². The zero-order valence-electron chi connectivity index (χ0n) is 21.2. The summed E-state index contributed by atoms with van der Waals surface area (Å²) >= 11 is 0. The second-order valence-corrected chi connectivity index (χ2v) is 8.79. The Hall–Kier alpha value is -4.35. The zero-order valence-corrected chi connectivity index (χ0v) is 21.2. The lowest BCUT2D eigenvalue weighted by molar-refractivity contribution is 0.416. The number of para-hydroxylation sites is 1. The van der Waals surface area contributed by atoms with Crippen LogP contribution in [0.25, 0.3) is 22.2 Å². The number of pyridine rings is 1. The quantitative estimate of drug-likeness (QED) is 0.384. The minimum atomic E-state index is -0.255. The van der Waals surface area contributed by atoms with E-state index in [0.717, 1.165) is 24.5 Å². The van der Waals surface area contributed by atoms with E-state index < -0.39 is 0 Å². The normalized spacial score (nSPS) is 10.9. The van der Waals surface area contributed by atoms with Crippen molar-refractivity contribution in [3.05, 3.63) is 70.6 Å². The maximum Gasteiger partial charge on any atom is 0.261 e. The van der Waals surface area contributed by atoms with E-state index >= 15 is 0 Å². The second-order valence-electron chi connectivity index (χ2n) is 8.79. The number of nitrogens with one attached hydrogen (secondary N) is 1. The first-order chi connectivity index (χ1) is 17.3. The summed E-state index contributed by atoms with van der Waals surface area (Å²) in [6, 6.07) is 15.4. The molecule has 2 aromatic carbocycles. The summed E-state index contributed by atoms with van der Waals surface area (Å²) in [5, 5.41) is 3.84. The first-order valence-electron chi connectivity index (χ1n) is 11.6. The van der Waals surface area contributed by atoms with E-state index in [2.05, 4.69) is 52.1 Å². The van der Waals surface area contributed by atoms with Gasteiger partial charge >= 0.3 is 0 Å². The molecule has 0 bridgehead atoms. The van der Waals surface area contributed by atoms with Gasteiger partial charge in [-0.15, -0.1) is 6.42 Å². The minimum Gasteiger partial charge on any atom is -0.496 e. The van der Waals surface area contributed by atoms with Gasteiger partial charge in [-0.1, -0.05) is 24.1 Å². The van der Waals surface area contributed by atoms with Crippen LogP contribution in [0.5, 0.6) is 5.75 Å². The highest BCUT2D eigenvalue weighted by Crippen LogP contribution is 2.32. The molecule has 4 aromatic rings. The molecule has 0 saturated carbocycles. The van der Waals surface area contributed by atoms with Crippen molar-refractivity contribution in [2.75, 3.05) is 51.6 Å². The molecule has 0 atom stereocenters. The first kappa shape index (κ1) is 24.8. The third kappa shape index (κ3) is 4.88. The minimum absolute atomic E-state index is 0.255. The molecule has 0 saturated heterocycles. The number of terminal acetylenes is 1. The van der Waals surface area contributed by atoms with Crippen LogP contribution in [0.15, 0.2) is 59.5 Å². The molecule has 0 radical (unpaired) electrons. The molecule has 0 amide bonds. The van der Waals surface area contributed by atoms with Crippen molar-refractivity contribution >= 4 is 28.4 Å². The highest BCUT2D eigenvalue weighted by molar-refractivity contribution is 5.91. The Balaban J connectivity index is 1.69. The van der Waals surface area contributed by atoms with E-state index in [0.29, 0.717) is 39.4 Å². The largest absolute Gasteiger partial charge is 0.496 e. The average molecular weight is 483 g/mol. The molecule has 0 unspecified atom stereocenters. The van der Waals surface area contributed by atoms with E-state index in [1.807, 2.05) is 42.5 Å². The van der Waals surface area contributed by atoms with Crippen LogP contribution in [0.2, 0.25) is 0 Å². The summed E-state index contributed by atoms with van der Waals surface area (Å²) in [4.78, 5) is 26.9. The van der Waals surface area contributed by atoms with Crippen molar-refractivity contribution in [2.45, 2.75) is 0 Å². The first-order valence-corrected chi connectivity index (χ1v) is 11.6. The monoisotopic (exact) mass is 482 g/mol. The molecule has 0 fully saturated rings. The molecule has 0 aliphatic heterocycles. The molecule has 4 rings (SSSR count). The third-order valence-corrected chi connectivity index (χ3v) is 6.09. The molecule has 0 aliphatic carbocycles. The van der Waals surface area contributed by atoms with Gasteiger partial charge in [0.1, 0.15) is 11.4 Å². The number of fused-ring (bicyclic) bond motifs is 1. The molecule has 1 N–H and O–H groups in total. The van der Waals surface area contributed by atoms with Gasteiger partial charge in [-0.2, -0.15) is 4.98 Å². The summed E-state index contributed by atoms with van der Waals surface area (Å²) < 4.78 is 6.97. The maximum atomic E-state index is 13.4. The molecule has 2 heterocycles. The fraction of sp³-hybridized carbons (Fsp3) is 0.250. The number of hydrogen-bond donors (Lipinski definition) is 1. The van der Waals surface area contributed by atoms with Crippen molar-refractivity contribution in [3.63, 3.8) is 0 Å². The molecule has 8 heteroatoms. The van der Waals surface area contributed by atoms with Crippen LogP contribution in [-0.2, 0) is 7.05 Å². The van der Waals surface area contributed by atoms with Crippen LogP contribution in [0.3, 0.4) is 0 Å². The predicted molar refractivity (Wildman–Crippen MR) is 146 cm³/mol. The summed E-state index contributed by atoms with van der Waals surface area (Å²) in [5.74, 6) is 3.63. The van der Waals surface area contributed by atoms with E-state index in [4.69, 9.17) is 11.2 Å². The smallest absolute Gasteiger partial charge is 0.261 e. The van der Waals surface area contributed by atoms with Crippen molar-refractivity contribution in [1.29, 1.82) is 0 Å². The third-order valence-electron chi connectivity index (χ3n) is 6.09. The van der Waals surface area contributed by atoms with Crippen LogP contribution in [-0.4, -0.2) is 60.8 Å². The van der Waals surface area contributed by atoms with E-state index in [-0.39, 0.29) is 5.56 Å². The van der Waals surface area contributed by atoms with Gasteiger partial charge in [-0.3, -0.25) is 9.36 Å². The lowest BCUT2D eigenvalue weighted by Gasteiger charge is -2.21. The summed E-state index contributed by atoms with van der Waals surface area (Å²) in [6.07, 6.45) is 7.54. The number of rotatable bonds is 8. The van der Waals surface area contributed by atoms with Gasteiger partial charge < -0.3 is 19.9 Å². The topological polar surface area (TPSA) is 75.5 Å². The van der Waals surface area contributed by atoms with Gasteiger partial charge in [0.05, 0.1) is 23.6 Å². The highest BCUT2D eigenvalue weighted by atomic mass is 16.5. The van der Waals surface area contributed by atoms with Gasteiger partial charge in [0, 0.05) is 50.3 Å². The Bertz CT molecular complexity index is 1490. The van der Waals surface area contributed by atoms with Gasteiger partial charge in [-0.25, -0.2) is 4.98 Å². The fourth-order valence-corrected chi connectivity index (χ4v) is 4.03. The fourth-order valence-electron chi connectivity index (χ4n) is 4.03. The molecular weight excluding hydrogens is 452 g/mol. The lowest BCUT2D eigenvalue weighted by atomic mass is 9.98. The Morgan fingerprint density at radius 3 is 2.47 bits per heavy atom. The Morgan fingerprint density at radius 1 is 1.08 bits per heavy atom. The molecular formula is C28H30N6O2. The number of benzene rings is 2. The molecule has 36 heavy (non-hydrogen) atoms. The van der Waals surface area contributed by atoms with Crippen LogP contribution >= 0.6 is 0 Å². The number of anilines is 3. The van der Waals surface area contributed by atoms with Crippen LogP contribution < -0.4 is 20.5 Å². The molecule has 0 spiro atoms. The zero-order chi connectivity index (χ0) is 25.8. The number of methoxy groups -OCH3 is 1. The number of likely N-dealkylation sites (N-methyl/N-ethyl adjacent to an activating group) is 2. The number of aromatic nitrogens is 3. The molecule has 184 valence electrons.